The molecule has 1 aliphatic heterocycles. The van der Waals surface area contributed by atoms with Crippen LogP contribution in [0.25, 0.3) is 11.4 Å². The summed E-state index contributed by atoms with van der Waals surface area (Å²) in [4.78, 5) is 17.9. The van der Waals surface area contributed by atoms with Gasteiger partial charge in [0.1, 0.15) is 11.8 Å². The van der Waals surface area contributed by atoms with Crippen molar-refractivity contribution in [1.29, 1.82) is 0 Å². The zero-order chi connectivity index (χ0) is 23.8. The van der Waals surface area contributed by atoms with Crippen molar-refractivity contribution in [2.24, 2.45) is 0 Å². The van der Waals surface area contributed by atoms with Gasteiger partial charge >= 0.3 is 0 Å². The van der Waals surface area contributed by atoms with E-state index < -0.39 is 6.04 Å². The van der Waals surface area contributed by atoms with Crippen molar-refractivity contribution in [3.8, 4) is 34.4 Å². The summed E-state index contributed by atoms with van der Waals surface area (Å²) < 4.78 is 23.7. The second kappa shape index (κ2) is 8.74. The second-order valence-electron chi connectivity index (χ2n) is 8.09. The number of aromatic nitrogens is 3. The molecule has 0 saturated carbocycles. The number of nitrogens with zero attached hydrogens (tertiary/aromatic N) is 3. The van der Waals surface area contributed by atoms with Crippen LogP contribution in [0.5, 0.6) is 23.0 Å². The first-order valence-corrected chi connectivity index (χ1v) is 11.0. The Balaban J connectivity index is 1.68. The molecule has 0 radical (unpaired) electrons. The standard InChI is InChI=1S/C25H26N4O5/c1-31-16-10-8-14(9-11-16)24-27-25-26-17-6-5-7-18(30)21(17)22(29(25)28-24)15-12-19(32-2)23(34-4)20(13-15)33-3/h8-13,22H,5-7H2,1-4H3,(H,26,27,28). The van der Waals surface area contributed by atoms with Gasteiger partial charge in [-0.15, -0.1) is 5.10 Å². The lowest BCUT2D eigenvalue weighted by Crippen LogP contribution is -2.31. The van der Waals surface area contributed by atoms with E-state index in [9.17, 15) is 4.79 Å². The predicted octanol–water partition coefficient (Wildman–Crippen LogP) is 4.00. The average molecular weight is 463 g/mol. The maximum atomic E-state index is 13.1. The highest BCUT2D eigenvalue weighted by atomic mass is 16.5. The number of hydrogen-bond donors (Lipinski definition) is 1. The Labute approximate surface area is 197 Å². The topological polar surface area (TPSA) is 96.7 Å². The summed E-state index contributed by atoms with van der Waals surface area (Å²) in [5, 5.41) is 8.17. The van der Waals surface area contributed by atoms with Gasteiger partial charge in [-0.2, -0.15) is 4.98 Å². The first-order chi connectivity index (χ1) is 16.6. The van der Waals surface area contributed by atoms with Gasteiger partial charge in [0.05, 0.1) is 28.4 Å². The first-order valence-electron chi connectivity index (χ1n) is 11.0. The second-order valence-corrected chi connectivity index (χ2v) is 8.09. The quantitative estimate of drug-likeness (QED) is 0.587. The molecule has 9 heteroatoms. The van der Waals surface area contributed by atoms with Crippen molar-refractivity contribution in [3.63, 3.8) is 0 Å². The van der Waals surface area contributed by atoms with Gasteiger partial charge in [0, 0.05) is 23.3 Å². The van der Waals surface area contributed by atoms with Crippen molar-refractivity contribution < 1.29 is 23.7 Å². The summed E-state index contributed by atoms with van der Waals surface area (Å²) in [5.74, 6) is 3.50. The molecular weight excluding hydrogens is 436 g/mol. The lowest BCUT2D eigenvalue weighted by Gasteiger charge is -2.32. The monoisotopic (exact) mass is 462 g/mol. The van der Waals surface area contributed by atoms with Crippen molar-refractivity contribution in [1.82, 2.24) is 14.8 Å². The molecule has 1 aliphatic carbocycles. The molecule has 0 fully saturated rings. The van der Waals surface area contributed by atoms with Gasteiger partial charge < -0.3 is 24.3 Å². The number of carbonyl (C=O) groups excluding carboxylic acids is 1. The lowest BCUT2D eigenvalue weighted by molar-refractivity contribution is -0.116. The van der Waals surface area contributed by atoms with Gasteiger partial charge in [0.15, 0.2) is 23.1 Å². The summed E-state index contributed by atoms with van der Waals surface area (Å²) in [6, 6.07) is 10.8. The number of ether oxygens (including phenoxy) is 4. The fourth-order valence-electron chi connectivity index (χ4n) is 4.59. The fraction of sp³-hybridized carbons (Fsp3) is 0.320. The Morgan fingerprint density at radius 3 is 2.26 bits per heavy atom. The number of carbonyl (C=O) groups is 1. The van der Waals surface area contributed by atoms with Gasteiger partial charge in [-0.3, -0.25) is 4.79 Å². The molecule has 2 heterocycles. The molecule has 0 spiro atoms. The van der Waals surface area contributed by atoms with Crippen LogP contribution >= 0.6 is 0 Å². The molecule has 2 aromatic carbocycles. The smallest absolute Gasteiger partial charge is 0.226 e. The number of Topliss-reactive ketones (excluding diaryl/α,β-unsaturated/α-hetero) is 1. The van der Waals surface area contributed by atoms with E-state index in [0.717, 1.165) is 35.4 Å². The van der Waals surface area contributed by atoms with Crippen LogP contribution in [0.1, 0.15) is 30.9 Å². The Morgan fingerprint density at radius 1 is 0.941 bits per heavy atom. The summed E-state index contributed by atoms with van der Waals surface area (Å²) in [5.41, 5.74) is 3.22. The fourth-order valence-corrected chi connectivity index (χ4v) is 4.59. The molecule has 1 N–H and O–H groups in total. The molecule has 5 rings (SSSR count). The number of anilines is 1. The number of hydrogen-bond acceptors (Lipinski definition) is 8. The Kier molecular flexibility index (Phi) is 5.61. The van der Waals surface area contributed by atoms with Crippen LogP contribution in [0.15, 0.2) is 47.7 Å². The summed E-state index contributed by atoms with van der Waals surface area (Å²) in [6.45, 7) is 0. The van der Waals surface area contributed by atoms with E-state index in [-0.39, 0.29) is 5.78 Å². The number of allylic oxidation sites excluding steroid dienone is 2. The number of benzene rings is 2. The van der Waals surface area contributed by atoms with E-state index in [2.05, 4.69) is 5.32 Å². The Morgan fingerprint density at radius 2 is 1.65 bits per heavy atom. The number of rotatable bonds is 6. The minimum atomic E-state index is -0.479. The lowest BCUT2D eigenvalue weighted by atomic mass is 9.85. The van der Waals surface area contributed by atoms with Gasteiger partial charge in [-0.1, -0.05) is 0 Å². The van der Waals surface area contributed by atoms with Crippen molar-refractivity contribution in [3.05, 3.63) is 53.2 Å². The molecule has 3 aromatic rings. The number of nitrogens with one attached hydrogen (secondary N) is 1. The van der Waals surface area contributed by atoms with Crippen LogP contribution in [0.2, 0.25) is 0 Å². The average Bonchev–Trinajstić information content (AvgIpc) is 3.30. The molecular formula is C25H26N4O5. The molecule has 0 amide bonds. The molecule has 9 nitrogen and oxygen atoms in total. The van der Waals surface area contributed by atoms with Gasteiger partial charge in [-0.05, 0) is 54.8 Å². The minimum absolute atomic E-state index is 0.0969. The van der Waals surface area contributed by atoms with Crippen LogP contribution in [-0.2, 0) is 4.79 Å². The maximum Gasteiger partial charge on any atom is 0.226 e. The zero-order valence-electron chi connectivity index (χ0n) is 19.5. The molecule has 1 unspecified atom stereocenters. The predicted molar refractivity (Wildman–Crippen MR) is 126 cm³/mol. The summed E-state index contributed by atoms with van der Waals surface area (Å²) in [7, 11) is 6.33. The van der Waals surface area contributed by atoms with E-state index in [0.29, 0.717) is 41.0 Å². The third-order valence-electron chi connectivity index (χ3n) is 6.22. The highest BCUT2D eigenvalue weighted by Gasteiger charge is 2.37. The molecule has 1 aromatic heterocycles. The van der Waals surface area contributed by atoms with Crippen molar-refractivity contribution >= 4 is 11.7 Å². The van der Waals surface area contributed by atoms with Crippen LogP contribution in [-0.4, -0.2) is 49.0 Å². The largest absolute Gasteiger partial charge is 0.497 e. The van der Waals surface area contributed by atoms with E-state index >= 15 is 0 Å². The normalized spacial score (nSPS) is 16.9. The molecule has 176 valence electrons. The first kappa shape index (κ1) is 21.8. The van der Waals surface area contributed by atoms with Crippen LogP contribution in [0, 0.1) is 0 Å². The molecule has 0 saturated heterocycles. The third-order valence-corrected chi connectivity index (χ3v) is 6.22. The Hall–Kier alpha value is -4.01. The number of ketones is 1. The molecule has 1 atom stereocenters. The van der Waals surface area contributed by atoms with E-state index in [1.54, 1.807) is 33.1 Å². The molecule has 34 heavy (non-hydrogen) atoms. The van der Waals surface area contributed by atoms with Crippen LogP contribution in [0.3, 0.4) is 0 Å². The van der Waals surface area contributed by atoms with Gasteiger partial charge in [0.2, 0.25) is 11.7 Å². The van der Waals surface area contributed by atoms with Crippen molar-refractivity contribution in [2.75, 3.05) is 33.8 Å². The SMILES string of the molecule is COc1ccc(-c2nc3n(n2)C(c2cc(OC)c(OC)c(OC)c2)C2=C(CCCC2=O)N3)cc1. The van der Waals surface area contributed by atoms with E-state index in [1.165, 1.54) is 0 Å². The zero-order valence-corrected chi connectivity index (χ0v) is 19.5. The highest BCUT2D eigenvalue weighted by molar-refractivity contribution is 5.99. The summed E-state index contributed by atoms with van der Waals surface area (Å²) in [6.07, 6.45) is 2.07. The van der Waals surface area contributed by atoms with E-state index in [4.69, 9.17) is 29.0 Å². The highest BCUT2D eigenvalue weighted by Crippen LogP contribution is 2.45. The summed E-state index contributed by atoms with van der Waals surface area (Å²) >= 11 is 0. The maximum absolute atomic E-state index is 13.1. The molecule has 0 bridgehead atoms. The van der Waals surface area contributed by atoms with E-state index in [1.807, 2.05) is 36.4 Å². The van der Waals surface area contributed by atoms with Crippen LogP contribution < -0.4 is 24.3 Å². The number of methoxy groups -OCH3 is 4. The third kappa shape index (κ3) is 3.53. The van der Waals surface area contributed by atoms with Crippen LogP contribution in [0.4, 0.5) is 5.95 Å². The minimum Gasteiger partial charge on any atom is -0.497 e. The molecule has 2 aliphatic rings. The van der Waals surface area contributed by atoms with Crippen molar-refractivity contribution in [2.45, 2.75) is 25.3 Å². The van der Waals surface area contributed by atoms with Gasteiger partial charge in [-0.25, -0.2) is 4.68 Å². The Bertz CT molecular complexity index is 1250. The number of fused-ring (bicyclic) bond motifs is 1. The van der Waals surface area contributed by atoms with Gasteiger partial charge in [0.25, 0.3) is 0 Å².